The Balaban J connectivity index is 1.89. The summed E-state index contributed by atoms with van der Waals surface area (Å²) in [6.07, 6.45) is 0. The molecule has 0 radical (unpaired) electrons. The maximum Gasteiger partial charge on any atom is 0.130 e. The lowest BCUT2D eigenvalue weighted by atomic mass is 10.1. The average Bonchev–Trinajstić information content (AvgIpc) is 3.03. The van der Waals surface area contributed by atoms with Crippen LogP contribution in [0.25, 0.3) is 10.4 Å². The van der Waals surface area contributed by atoms with E-state index < -0.39 is 0 Å². The van der Waals surface area contributed by atoms with Gasteiger partial charge in [0, 0.05) is 22.2 Å². The van der Waals surface area contributed by atoms with Crippen LogP contribution < -0.4 is 10.5 Å². The number of thiophene rings is 1. The number of benzene rings is 2. The van der Waals surface area contributed by atoms with Crippen molar-refractivity contribution < 1.29 is 4.74 Å². The SMILES string of the molecule is N#Cc1ccc(-c2ccc(N)cc2OCc2ccccc2)s1. The van der Waals surface area contributed by atoms with Gasteiger partial charge >= 0.3 is 0 Å². The van der Waals surface area contributed by atoms with Gasteiger partial charge in [-0.3, -0.25) is 0 Å². The molecule has 2 aromatic carbocycles. The molecule has 0 saturated carbocycles. The maximum absolute atomic E-state index is 8.97. The van der Waals surface area contributed by atoms with Gasteiger partial charge in [-0.05, 0) is 29.8 Å². The molecule has 22 heavy (non-hydrogen) atoms. The van der Waals surface area contributed by atoms with E-state index in [-0.39, 0.29) is 0 Å². The summed E-state index contributed by atoms with van der Waals surface area (Å²) in [6, 6.07) is 21.5. The lowest BCUT2D eigenvalue weighted by Crippen LogP contribution is -1.97. The summed E-state index contributed by atoms with van der Waals surface area (Å²) in [6.45, 7) is 0.480. The number of hydrogen-bond donors (Lipinski definition) is 1. The van der Waals surface area contributed by atoms with Crippen molar-refractivity contribution in [2.45, 2.75) is 6.61 Å². The van der Waals surface area contributed by atoms with Crippen molar-refractivity contribution in [3.05, 3.63) is 71.1 Å². The van der Waals surface area contributed by atoms with E-state index in [1.54, 1.807) is 0 Å². The molecule has 0 aliphatic rings. The number of nitrogens with two attached hydrogens (primary N) is 1. The number of nitrogen functional groups attached to an aromatic ring is 1. The van der Waals surface area contributed by atoms with E-state index in [2.05, 4.69) is 6.07 Å². The molecule has 0 spiro atoms. The Morgan fingerprint density at radius 2 is 1.86 bits per heavy atom. The fraction of sp³-hybridized carbons (Fsp3) is 0.0556. The summed E-state index contributed by atoms with van der Waals surface area (Å²) < 4.78 is 5.95. The molecule has 108 valence electrons. The summed E-state index contributed by atoms with van der Waals surface area (Å²) in [4.78, 5) is 1.68. The number of nitriles is 1. The van der Waals surface area contributed by atoms with Gasteiger partial charge in [0.2, 0.25) is 0 Å². The van der Waals surface area contributed by atoms with Gasteiger partial charge in [-0.1, -0.05) is 30.3 Å². The van der Waals surface area contributed by atoms with Crippen LogP contribution in [0, 0.1) is 11.3 Å². The Hall–Kier alpha value is -2.77. The standard InChI is InChI=1S/C18H14N2OS/c19-11-15-7-9-18(22-15)16-8-6-14(20)10-17(16)21-12-13-4-2-1-3-5-13/h1-10H,12,20H2. The van der Waals surface area contributed by atoms with Gasteiger partial charge in [0.25, 0.3) is 0 Å². The highest BCUT2D eigenvalue weighted by Crippen LogP contribution is 2.36. The molecule has 0 atom stereocenters. The number of rotatable bonds is 4. The van der Waals surface area contributed by atoms with E-state index in [0.717, 1.165) is 21.8 Å². The van der Waals surface area contributed by atoms with Gasteiger partial charge in [-0.25, -0.2) is 0 Å². The third kappa shape index (κ3) is 3.11. The number of ether oxygens (including phenoxy) is 1. The molecule has 0 fully saturated rings. The minimum Gasteiger partial charge on any atom is -0.488 e. The van der Waals surface area contributed by atoms with Crippen LogP contribution in [0.5, 0.6) is 5.75 Å². The highest BCUT2D eigenvalue weighted by molar-refractivity contribution is 7.16. The molecule has 1 heterocycles. The first-order valence-corrected chi connectivity index (χ1v) is 7.64. The van der Waals surface area contributed by atoms with Gasteiger partial charge in [-0.2, -0.15) is 5.26 Å². The molecule has 0 amide bonds. The molecule has 2 N–H and O–H groups in total. The van der Waals surface area contributed by atoms with E-state index in [1.807, 2.05) is 60.7 Å². The minimum absolute atomic E-state index is 0.480. The summed E-state index contributed by atoms with van der Waals surface area (Å²) in [5.41, 5.74) is 8.59. The highest BCUT2D eigenvalue weighted by atomic mass is 32.1. The van der Waals surface area contributed by atoms with Crippen molar-refractivity contribution in [3.8, 4) is 22.3 Å². The zero-order valence-electron chi connectivity index (χ0n) is 11.8. The average molecular weight is 306 g/mol. The molecular formula is C18H14N2OS. The molecular weight excluding hydrogens is 292 g/mol. The molecule has 3 rings (SSSR count). The Bertz CT molecular complexity index is 819. The topological polar surface area (TPSA) is 59.0 Å². The van der Waals surface area contributed by atoms with E-state index in [1.165, 1.54) is 11.3 Å². The molecule has 4 heteroatoms. The Kier molecular flexibility index (Phi) is 4.08. The molecule has 0 saturated heterocycles. The predicted octanol–water partition coefficient (Wildman–Crippen LogP) is 4.45. The van der Waals surface area contributed by atoms with Gasteiger partial charge in [-0.15, -0.1) is 11.3 Å². The predicted molar refractivity (Wildman–Crippen MR) is 89.7 cm³/mol. The van der Waals surface area contributed by atoms with Crippen molar-refractivity contribution >= 4 is 17.0 Å². The second kappa shape index (κ2) is 6.33. The second-order valence-corrected chi connectivity index (χ2v) is 5.89. The van der Waals surface area contributed by atoms with Crippen LogP contribution in [-0.2, 0) is 6.61 Å². The van der Waals surface area contributed by atoms with E-state index in [9.17, 15) is 0 Å². The van der Waals surface area contributed by atoms with Crippen molar-refractivity contribution in [2.75, 3.05) is 5.73 Å². The number of hydrogen-bond acceptors (Lipinski definition) is 4. The van der Waals surface area contributed by atoms with Crippen molar-refractivity contribution in [1.82, 2.24) is 0 Å². The van der Waals surface area contributed by atoms with Crippen LogP contribution in [0.4, 0.5) is 5.69 Å². The van der Waals surface area contributed by atoms with Gasteiger partial charge in [0.15, 0.2) is 0 Å². The van der Waals surface area contributed by atoms with Crippen LogP contribution in [-0.4, -0.2) is 0 Å². The first-order valence-electron chi connectivity index (χ1n) is 6.83. The fourth-order valence-electron chi connectivity index (χ4n) is 2.14. The van der Waals surface area contributed by atoms with Crippen LogP contribution in [0.1, 0.15) is 10.4 Å². The van der Waals surface area contributed by atoms with Crippen LogP contribution >= 0.6 is 11.3 Å². The summed E-state index contributed by atoms with van der Waals surface area (Å²) in [5.74, 6) is 0.732. The van der Waals surface area contributed by atoms with Crippen molar-refractivity contribution in [3.63, 3.8) is 0 Å². The lowest BCUT2D eigenvalue weighted by molar-refractivity contribution is 0.308. The highest BCUT2D eigenvalue weighted by Gasteiger charge is 2.10. The van der Waals surface area contributed by atoms with Crippen LogP contribution in [0.15, 0.2) is 60.7 Å². The summed E-state index contributed by atoms with van der Waals surface area (Å²) in [5, 5.41) is 8.97. The third-order valence-corrected chi connectivity index (χ3v) is 4.25. The summed E-state index contributed by atoms with van der Waals surface area (Å²) >= 11 is 1.45. The van der Waals surface area contributed by atoms with Crippen LogP contribution in [0.3, 0.4) is 0 Å². The second-order valence-electron chi connectivity index (χ2n) is 4.81. The first-order chi connectivity index (χ1) is 10.8. The molecule has 3 nitrogen and oxygen atoms in total. The minimum atomic E-state index is 0.480. The van der Waals surface area contributed by atoms with Gasteiger partial charge < -0.3 is 10.5 Å². The smallest absolute Gasteiger partial charge is 0.130 e. The van der Waals surface area contributed by atoms with Gasteiger partial charge in [0.1, 0.15) is 23.3 Å². The normalized spacial score (nSPS) is 10.1. The zero-order chi connectivity index (χ0) is 15.4. The van der Waals surface area contributed by atoms with E-state index >= 15 is 0 Å². The maximum atomic E-state index is 8.97. The van der Waals surface area contributed by atoms with Crippen molar-refractivity contribution in [2.24, 2.45) is 0 Å². The first kappa shape index (κ1) is 14.2. The van der Waals surface area contributed by atoms with E-state index in [0.29, 0.717) is 17.2 Å². The molecule has 0 aliphatic heterocycles. The molecule has 0 unspecified atom stereocenters. The molecule has 0 aliphatic carbocycles. The monoisotopic (exact) mass is 306 g/mol. The largest absolute Gasteiger partial charge is 0.488 e. The van der Waals surface area contributed by atoms with Crippen molar-refractivity contribution in [1.29, 1.82) is 5.26 Å². The Morgan fingerprint density at radius 3 is 2.59 bits per heavy atom. The van der Waals surface area contributed by atoms with E-state index in [4.69, 9.17) is 15.7 Å². The summed E-state index contributed by atoms with van der Waals surface area (Å²) in [7, 11) is 0. The van der Waals surface area contributed by atoms with Gasteiger partial charge in [0.05, 0.1) is 0 Å². The Labute approximate surface area is 133 Å². The molecule has 1 aromatic heterocycles. The quantitative estimate of drug-likeness (QED) is 0.724. The lowest BCUT2D eigenvalue weighted by Gasteiger charge is -2.11. The Morgan fingerprint density at radius 1 is 1.05 bits per heavy atom. The third-order valence-electron chi connectivity index (χ3n) is 3.22. The fourth-order valence-corrected chi connectivity index (χ4v) is 2.97. The number of nitrogens with zero attached hydrogens (tertiary/aromatic N) is 1. The molecule has 0 bridgehead atoms. The molecule has 3 aromatic rings. The number of anilines is 1. The van der Waals surface area contributed by atoms with Crippen LogP contribution in [0.2, 0.25) is 0 Å². The zero-order valence-corrected chi connectivity index (χ0v) is 12.6.